The number of hydrogen-bond donors (Lipinski definition) is 0. The van der Waals surface area contributed by atoms with Crippen LogP contribution in [0.5, 0.6) is 11.5 Å². The van der Waals surface area contributed by atoms with Crippen molar-refractivity contribution >= 4 is 11.6 Å². The third kappa shape index (κ3) is 3.17. The van der Waals surface area contributed by atoms with Crippen LogP contribution in [0.3, 0.4) is 0 Å². The van der Waals surface area contributed by atoms with Crippen LogP contribution in [0.25, 0.3) is 0 Å². The van der Waals surface area contributed by atoms with Crippen molar-refractivity contribution in [1.29, 1.82) is 0 Å². The van der Waals surface area contributed by atoms with Gasteiger partial charge in [0.2, 0.25) is 0 Å². The van der Waals surface area contributed by atoms with E-state index in [1.807, 2.05) is 0 Å². The second kappa shape index (κ2) is 5.15. The highest BCUT2D eigenvalue weighted by atomic mass is 35.5. The van der Waals surface area contributed by atoms with Gasteiger partial charge in [-0.3, -0.25) is 0 Å². The molecular weight excluding hydrogens is 246 g/mol. The number of alkyl halides is 2. The average molecular weight is 255 g/mol. The highest BCUT2D eigenvalue weighted by Gasteiger charge is 2.07. The molecule has 0 radical (unpaired) electrons. The van der Waals surface area contributed by atoms with E-state index < -0.39 is 6.43 Å². The van der Waals surface area contributed by atoms with Crippen LogP contribution in [-0.2, 0) is 0 Å². The fraction of sp³-hybridized carbons (Fsp3) is 0.0769. The van der Waals surface area contributed by atoms with Crippen molar-refractivity contribution in [2.24, 2.45) is 0 Å². The highest BCUT2D eigenvalue weighted by Crippen LogP contribution is 2.27. The Morgan fingerprint density at radius 3 is 2.29 bits per heavy atom. The van der Waals surface area contributed by atoms with Crippen molar-refractivity contribution in [1.82, 2.24) is 0 Å². The Hall–Kier alpha value is -1.61. The molecule has 0 aliphatic carbocycles. The summed E-state index contributed by atoms with van der Waals surface area (Å²) in [4.78, 5) is 0. The van der Waals surface area contributed by atoms with E-state index in [4.69, 9.17) is 16.3 Å². The molecule has 0 fully saturated rings. The van der Waals surface area contributed by atoms with Crippen LogP contribution in [0, 0.1) is 0 Å². The maximum absolute atomic E-state index is 12.5. The molecule has 0 heterocycles. The zero-order valence-corrected chi connectivity index (χ0v) is 9.49. The van der Waals surface area contributed by atoms with E-state index in [9.17, 15) is 8.78 Å². The largest absolute Gasteiger partial charge is 0.457 e. The maximum atomic E-state index is 12.5. The quantitative estimate of drug-likeness (QED) is 0.743. The van der Waals surface area contributed by atoms with Crippen LogP contribution in [0.15, 0.2) is 48.5 Å². The van der Waals surface area contributed by atoms with Gasteiger partial charge in [0.25, 0.3) is 6.43 Å². The van der Waals surface area contributed by atoms with Gasteiger partial charge in [0.15, 0.2) is 0 Å². The molecule has 1 nitrogen and oxygen atoms in total. The number of hydrogen-bond acceptors (Lipinski definition) is 1. The van der Waals surface area contributed by atoms with Gasteiger partial charge in [-0.15, -0.1) is 0 Å². The Balaban J connectivity index is 2.18. The molecule has 0 N–H and O–H groups in total. The van der Waals surface area contributed by atoms with Crippen LogP contribution >= 0.6 is 11.6 Å². The number of ether oxygens (including phenoxy) is 1. The summed E-state index contributed by atoms with van der Waals surface area (Å²) in [6, 6.07) is 12.5. The van der Waals surface area contributed by atoms with Crippen LogP contribution in [0.2, 0.25) is 5.02 Å². The summed E-state index contributed by atoms with van der Waals surface area (Å²) in [6.07, 6.45) is -2.50. The molecular formula is C13H9ClF2O. The van der Waals surface area contributed by atoms with E-state index >= 15 is 0 Å². The third-order valence-corrected chi connectivity index (χ3v) is 2.41. The molecule has 0 amide bonds. The molecule has 88 valence electrons. The first-order valence-corrected chi connectivity index (χ1v) is 5.34. The zero-order valence-electron chi connectivity index (χ0n) is 8.74. The van der Waals surface area contributed by atoms with Gasteiger partial charge < -0.3 is 4.74 Å². The second-order valence-corrected chi connectivity index (χ2v) is 3.87. The van der Waals surface area contributed by atoms with Gasteiger partial charge in [-0.1, -0.05) is 23.7 Å². The van der Waals surface area contributed by atoms with Gasteiger partial charge in [0.05, 0.1) is 0 Å². The van der Waals surface area contributed by atoms with E-state index in [2.05, 4.69) is 0 Å². The van der Waals surface area contributed by atoms with Gasteiger partial charge in [0.1, 0.15) is 11.5 Å². The van der Waals surface area contributed by atoms with E-state index in [1.165, 1.54) is 18.2 Å². The van der Waals surface area contributed by atoms with Crippen molar-refractivity contribution in [2.45, 2.75) is 6.43 Å². The molecule has 0 unspecified atom stereocenters. The standard InChI is InChI=1S/C13H9ClF2O/c14-10-4-6-11(7-5-10)17-12-3-1-2-9(8-12)13(15)16/h1-8,13H. The summed E-state index contributed by atoms with van der Waals surface area (Å²) in [5.74, 6) is 0.936. The maximum Gasteiger partial charge on any atom is 0.263 e. The smallest absolute Gasteiger partial charge is 0.263 e. The number of benzene rings is 2. The van der Waals surface area contributed by atoms with Crippen LogP contribution in [-0.4, -0.2) is 0 Å². The van der Waals surface area contributed by atoms with Crippen LogP contribution in [0.1, 0.15) is 12.0 Å². The summed E-state index contributed by atoms with van der Waals surface area (Å²) in [6.45, 7) is 0. The fourth-order valence-corrected chi connectivity index (χ4v) is 1.48. The number of rotatable bonds is 3. The summed E-state index contributed by atoms with van der Waals surface area (Å²) in [7, 11) is 0. The average Bonchev–Trinajstić information content (AvgIpc) is 2.32. The Kier molecular flexibility index (Phi) is 3.59. The van der Waals surface area contributed by atoms with Gasteiger partial charge >= 0.3 is 0 Å². The molecule has 2 aromatic carbocycles. The summed E-state index contributed by atoms with van der Waals surface area (Å²) in [5.41, 5.74) is -0.0588. The van der Waals surface area contributed by atoms with E-state index in [-0.39, 0.29) is 5.56 Å². The lowest BCUT2D eigenvalue weighted by Gasteiger charge is -2.07. The monoisotopic (exact) mass is 254 g/mol. The highest BCUT2D eigenvalue weighted by molar-refractivity contribution is 6.30. The summed E-state index contributed by atoms with van der Waals surface area (Å²) < 4.78 is 30.4. The lowest BCUT2D eigenvalue weighted by molar-refractivity contribution is 0.151. The summed E-state index contributed by atoms with van der Waals surface area (Å²) in [5, 5.41) is 0.596. The molecule has 0 aliphatic heterocycles. The molecule has 2 rings (SSSR count). The molecule has 0 saturated carbocycles. The molecule has 0 atom stereocenters. The Morgan fingerprint density at radius 1 is 0.941 bits per heavy atom. The number of halogens is 3. The molecule has 0 saturated heterocycles. The van der Waals surface area contributed by atoms with Crippen molar-refractivity contribution < 1.29 is 13.5 Å². The van der Waals surface area contributed by atoms with E-state index in [1.54, 1.807) is 30.3 Å². The Labute approximate surface area is 103 Å². The van der Waals surface area contributed by atoms with Crippen molar-refractivity contribution in [3.63, 3.8) is 0 Å². The predicted octanol–water partition coefficient (Wildman–Crippen LogP) is 5.07. The summed E-state index contributed by atoms with van der Waals surface area (Å²) >= 11 is 5.73. The molecule has 0 spiro atoms. The minimum absolute atomic E-state index is 0.0588. The molecule has 4 heteroatoms. The van der Waals surface area contributed by atoms with Gasteiger partial charge in [-0.2, -0.15) is 0 Å². The van der Waals surface area contributed by atoms with Crippen LogP contribution < -0.4 is 4.74 Å². The minimum atomic E-state index is -2.50. The van der Waals surface area contributed by atoms with Crippen molar-refractivity contribution in [3.8, 4) is 11.5 Å². The molecule has 2 aromatic rings. The first-order valence-electron chi connectivity index (χ1n) is 4.97. The first-order chi connectivity index (χ1) is 8.15. The second-order valence-electron chi connectivity index (χ2n) is 3.43. The molecule has 17 heavy (non-hydrogen) atoms. The Morgan fingerprint density at radius 2 is 1.65 bits per heavy atom. The Bertz CT molecular complexity index is 497. The van der Waals surface area contributed by atoms with E-state index in [0.717, 1.165) is 0 Å². The lowest BCUT2D eigenvalue weighted by Crippen LogP contribution is -1.87. The molecule has 0 aliphatic rings. The van der Waals surface area contributed by atoms with Crippen molar-refractivity contribution in [2.75, 3.05) is 0 Å². The van der Waals surface area contributed by atoms with Gasteiger partial charge in [-0.25, -0.2) is 8.78 Å². The van der Waals surface area contributed by atoms with Crippen LogP contribution in [0.4, 0.5) is 8.78 Å². The molecule has 0 bridgehead atoms. The predicted molar refractivity (Wildman–Crippen MR) is 62.9 cm³/mol. The minimum Gasteiger partial charge on any atom is -0.457 e. The van der Waals surface area contributed by atoms with Gasteiger partial charge in [0, 0.05) is 10.6 Å². The SMILES string of the molecule is FC(F)c1cccc(Oc2ccc(Cl)cc2)c1. The third-order valence-electron chi connectivity index (χ3n) is 2.16. The van der Waals surface area contributed by atoms with Crippen molar-refractivity contribution in [3.05, 3.63) is 59.1 Å². The van der Waals surface area contributed by atoms with Gasteiger partial charge in [-0.05, 0) is 36.4 Å². The fourth-order valence-electron chi connectivity index (χ4n) is 1.35. The normalized spacial score (nSPS) is 10.6. The first kappa shape index (κ1) is 11.9. The zero-order chi connectivity index (χ0) is 12.3. The topological polar surface area (TPSA) is 9.23 Å². The molecule has 0 aromatic heterocycles. The lowest BCUT2D eigenvalue weighted by atomic mass is 10.2. The van der Waals surface area contributed by atoms with E-state index in [0.29, 0.717) is 16.5 Å².